The van der Waals surface area contributed by atoms with Gasteiger partial charge in [0.05, 0.1) is 12.7 Å². The van der Waals surface area contributed by atoms with Gasteiger partial charge in [0.1, 0.15) is 17.4 Å². The summed E-state index contributed by atoms with van der Waals surface area (Å²) in [6.45, 7) is 0. The highest BCUT2D eigenvalue weighted by atomic mass is 35.5. The summed E-state index contributed by atoms with van der Waals surface area (Å²) in [6.07, 6.45) is -0.118. The molecule has 0 aliphatic rings. The molecule has 0 unspecified atom stereocenters. The van der Waals surface area contributed by atoms with Crippen LogP contribution in [0.3, 0.4) is 0 Å². The molecular formula is C15H11ClF2O2. The zero-order valence-electron chi connectivity index (χ0n) is 10.6. The Morgan fingerprint density at radius 1 is 1.15 bits per heavy atom. The number of carbonyl (C=O) groups excluding carboxylic acids is 1. The lowest BCUT2D eigenvalue weighted by Gasteiger charge is -2.08. The predicted molar refractivity (Wildman–Crippen MR) is 72.4 cm³/mol. The zero-order chi connectivity index (χ0) is 14.7. The molecule has 20 heavy (non-hydrogen) atoms. The Labute approximate surface area is 119 Å². The van der Waals surface area contributed by atoms with Gasteiger partial charge in [0, 0.05) is 17.5 Å². The Morgan fingerprint density at radius 2 is 1.80 bits per heavy atom. The third kappa shape index (κ3) is 3.33. The molecule has 0 atom stereocenters. The summed E-state index contributed by atoms with van der Waals surface area (Å²) in [5, 5.41) is 0.440. The van der Waals surface area contributed by atoms with Crippen LogP contribution in [0.2, 0.25) is 5.02 Å². The summed E-state index contributed by atoms with van der Waals surface area (Å²) in [7, 11) is 1.42. The molecule has 5 heteroatoms. The van der Waals surface area contributed by atoms with Crippen LogP contribution in [-0.2, 0) is 6.42 Å². The van der Waals surface area contributed by atoms with Crippen LogP contribution >= 0.6 is 11.6 Å². The third-order valence-electron chi connectivity index (χ3n) is 2.75. The maximum absolute atomic E-state index is 13.1. The second-order valence-electron chi connectivity index (χ2n) is 4.22. The Balaban J connectivity index is 2.28. The van der Waals surface area contributed by atoms with Crippen molar-refractivity contribution in [2.75, 3.05) is 7.11 Å². The molecule has 0 bridgehead atoms. The third-order valence-corrected chi connectivity index (χ3v) is 2.99. The van der Waals surface area contributed by atoms with Crippen LogP contribution in [0.4, 0.5) is 8.78 Å². The fourth-order valence-electron chi connectivity index (χ4n) is 1.89. The minimum Gasteiger partial charge on any atom is -0.496 e. The van der Waals surface area contributed by atoms with Crippen molar-refractivity contribution in [1.82, 2.24) is 0 Å². The van der Waals surface area contributed by atoms with Crippen molar-refractivity contribution in [3.05, 3.63) is 64.2 Å². The van der Waals surface area contributed by atoms with Crippen molar-refractivity contribution in [1.29, 1.82) is 0 Å². The second kappa shape index (κ2) is 6.01. The van der Waals surface area contributed by atoms with Crippen LogP contribution in [0.5, 0.6) is 5.75 Å². The standard InChI is InChI=1S/C15H11ClF2O2/c1-20-15-7-10(16)2-3-13(15)14(19)6-9-4-11(17)8-12(18)5-9/h2-5,7-8H,6H2,1H3. The van der Waals surface area contributed by atoms with Crippen LogP contribution in [-0.4, -0.2) is 12.9 Å². The van der Waals surface area contributed by atoms with Crippen LogP contribution in [0, 0.1) is 11.6 Å². The minimum atomic E-state index is -0.712. The van der Waals surface area contributed by atoms with Gasteiger partial charge in [0.25, 0.3) is 0 Å². The molecule has 2 aromatic carbocycles. The van der Waals surface area contributed by atoms with Gasteiger partial charge in [-0.25, -0.2) is 8.78 Å². The summed E-state index contributed by atoms with van der Waals surface area (Å²) >= 11 is 5.81. The monoisotopic (exact) mass is 296 g/mol. The first-order valence-corrected chi connectivity index (χ1v) is 6.19. The van der Waals surface area contributed by atoms with Crippen molar-refractivity contribution in [2.24, 2.45) is 0 Å². The lowest BCUT2D eigenvalue weighted by atomic mass is 10.0. The molecule has 0 aliphatic carbocycles. The maximum atomic E-state index is 13.1. The van der Waals surface area contributed by atoms with Gasteiger partial charge < -0.3 is 4.74 Å². The van der Waals surface area contributed by atoms with E-state index in [1.807, 2.05) is 0 Å². The molecule has 2 rings (SSSR count). The van der Waals surface area contributed by atoms with Crippen LogP contribution < -0.4 is 4.74 Å². The quantitative estimate of drug-likeness (QED) is 0.796. The van der Waals surface area contributed by atoms with Gasteiger partial charge in [-0.05, 0) is 35.9 Å². The average molecular weight is 297 g/mol. The van der Waals surface area contributed by atoms with E-state index in [2.05, 4.69) is 0 Å². The molecule has 0 radical (unpaired) electrons. The fourth-order valence-corrected chi connectivity index (χ4v) is 2.05. The fraction of sp³-hybridized carbons (Fsp3) is 0.133. The normalized spacial score (nSPS) is 10.4. The minimum absolute atomic E-state index is 0.118. The van der Waals surface area contributed by atoms with Gasteiger partial charge in [-0.15, -0.1) is 0 Å². The van der Waals surface area contributed by atoms with Crippen molar-refractivity contribution < 1.29 is 18.3 Å². The molecule has 104 valence electrons. The number of methoxy groups -OCH3 is 1. The highest BCUT2D eigenvalue weighted by Gasteiger charge is 2.14. The Morgan fingerprint density at radius 3 is 2.40 bits per heavy atom. The number of ether oxygens (including phenoxy) is 1. The van der Waals surface area contributed by atoms with E-state index in [1.165, 1.54) is 19.2 Å². The molecule has 0 N–H and O–H groups in total. The molecule has 2 aromatic rings. The van der Waals surface area contributed by atoms with Crippen molar-refractivity contribution in [3.63, 3.8) is 0 Å². The molecule has 2 nitrogen and oxygen atoms in total. The van der Waals surface area contributed by atoms with E-state index in [9.17, 15) is 13.6 Å². The number of halogens is 3. The number of benzene rings is 2. The summed E-state index contributed by atoms with van der Waals surface area (Å²) in [5.41, 5.74) is 0.589. The number of Topliss-reactive ketones (excluding diaryl/α,β-unsaturated/α-hetero) is 1. The van der Waals surface area contributed by atoms with Crippen molar-refractivity contribution in [3.8, 4) is 5.75 Å². The Bertz CT molecular complexity index is 636. The zero-order valence-corrected chi connectivity index (χ0v) is 11.4. The Kier molecular flexibility index (Phi) is 4.35. The smallest absolute Gasteiger partial charge is 0.170 e. The molecule has 0 heterocycles. The topological polar surface area (TPSA) is 26.3 Å². The number of rotatable bonds is 4. The van der Waals surface area contributed by atoms with Crippen LogP contribution in [0.15, 0.2) is 36.4 Å². The molecule has 0 fully saturated rings. The first-order valence-electron chi connectivity index (χ1n) is 5.81. The van der Waals surface area contributed by atoms with Gasteiger partial charge >= 0.3 is 0 Å². The largest absolute Gasteiger partial charge is 0.496 e. The number of hydrogen-bond acceptors (Lipinski definition) is 2. The van der Waals surface area contributed by atoms with E-state index >= 15 is 0 Å². The summed E-state index contributed by atoms with van der Waals surface area (Å²) in [5.74, 6) is -1.39. The van der Waals surface area contributed by atoms with Crippen molar-refractivity contribution >= 4 is 17.4 Å². The van der Waals surface area contributed by atoms with Gasteiger partial charge in [-0.2, -0.15) is 0 Å². The molecule has 0 aromatic heterocycles. The van der Waals surface area contributed by atoms with E-state index < -0.39 is 11.6 Å². The van der Waals surface area contributed by atoms with Crippen LogP contribution in [0.25, 0.3) is 0 Å². The Hall–Kier alpha value is -1.94. The molecule has 0 amide bonds. The lowest BCUT2D eigenvalue weighted by Crippen LogP contribution is -2.06. The molecule has 0 spiro atoms. The van der Waals surface area contributed by atoms with Crippen LogP contribution in [0.1, 0.15) is 15.9 Å². The van der Waals surface area contributed by atoms with Gasteiger partial charge in [-0.3, -0.25) is 4.79 Å². The molecule has 0 saturated carbocycles. The van der Waals surface area contributed by atoms with E-state index in [0.29, 0.717) is 16.3 Å². The molecule has 0 aliphatic heterocycles. The summed E-state index contributed by atoms with van der Waals surface area (Å²) in [4.78, 5) is 12.2. The molecular weight excluding hydrogens is 286 g/mol. The number of hydrogen-bond donors (Lipinski definition) is 0. The first kappa shape index (κ1) is 14.5. The highest BCUT2D eigenvalue weighted by Crippen LogP contribution is 2.24. The van der Waals surface area contributed by atoms with Gasteiger partial charge in [0.15, 0.2) is 5.78 Å². The summed E-state index contributed by atoms with van der Waals surface area (Å²) < 4.78 is 31.3. The predicted octanol–water partition coefficient (Wildman–Crippen LogP) is 4.05. The van der Waals surface area contributed by atoms with E-state index in [-0.39, 0.29) is 17.8 Å². The number of carbonyl (C=O) groups is 1. The second-order valence-corrected chi connectivity index (χ2v) is 4.66. The van der Waals surface area contributed by atoms with Gasteiger partial charge in [0.2, 0.25) is 0 Å². The van der Waals surface area contributed by atoms with E-state index in [4.69, 9.17) is 16.3 Å². The maximum Gasteiger partial charge on any atom is 0.170 e. The average Bonchev–Trinajstić information content (AvgIpc) is 2.37. The van der Waals surface area contributed by atoms with E-state index in [1.54, 1.807) is 6.07 Å². The number of ketones is 1. The van der Waals surface area contributed by atoms with E-state index in [0.717, 1.165) is 18.2 Å². The SMILES string of the molecule is COc1cc(Cl)ccc1C(=O)Cc1cc(F)cc(F)c1. The van der Waals surface area contributed by atoms with Gasteiger partial charge in [-0.1, -0.05) is 11.6 Å². The first-order chi connectivity index (χ1) is 9.49. The highest BCUT2D eigenvalue weighted by molar-refractivity contribution is 6.30. The lowest BCUT2D eigenvalue weighted by molar-refractivity contribution is 0.0990. The summed E-state index contributed by atoms with van der Waals surface area (Å²) in [6, 6.07) is 7.62. The molecule has 0 saturated heterocycles. The van der Waals surface area contributed by atoms with Crippen molar-refractivity contribution in [2.45, 2.75) is 6.42 Å².